The third kappa shape index (κ3) is 4.69. The molecule has 0 amide bonds. The van der Waals surface area contributed by atoms with E-state index in [0.717, 1.165) is 17.5 Å². The van der Waals surface area contributed by atoms with Crippen LogP contribution < -0.4 is 9.47 Å². The highest BCUT2D eigenvalue weighted by Gasteiger charge is 2.12. The van der Waals surface area contributed by atoms with Crippen LogP contribution in [0.2, 0.25) is 0 Å². The van der Waals surface area contributed by atoms with Crippen LogP contribution in [0.3, 0.4) is 0 Å². The van der Waals surface area contributed by atoms with Crippen molar-refractivity contribution in [2.45, 2.75) is 27.2 Å². The van der Waals surface area contributed by atoms with E-state index in [2.05, 4.69) is 36.8 Å². The number of aromatic nitrogens is 2. The van der Waals surface area contributed by atoms with E-state index in [1.165, 1.54) is 0 Å². The molecule has 2 aromatic rings. The third-order valence-electron chi connectivity index (χ3n) is 3.63. The Morgan fingerprint density at radius 1 is 1.17 bits per heavy atom. The van der Waals surface area contributed by atoms with Crippen molar-refractivity contribution in [2.75, 3.05) is 13.7 Å². The van der Waals surface area contributed by atoms with Gasteiger partial charge in [-0.3, -0.25) is 0 Å². The Labute approximate surface area is 143 Å². The van der Waals surface area contributed by atoms with E-state index >= 15 is 0 Å². The molecule has 0 aliphatic heterocycles. The van der Waals surface area contributed by atoms with Crippen LogP contribution in [0.25, 0.3) is 11.1 Å². The van der Waals surface area contributed by atoms with Gasteiger partial charge in [0, 0.05) is 24.0 Å². The summed E-state index contributed by atoms with van der Waals surface area (Å²) in [5, 5.41) is 9.39. The minimum atomic E-state index is 0.387. The van der Waals surface area contributed by atoms with Gasteiger partial charge in [-0.2, -0.15) is 5.26 Å². The number of methoxy groups -OCH3 is 1. The smallest absolute Gasteiger partial charge is 0.231 e. The first kappa shape index (κ1) is 17.7. The highest BCUT2D eigenvalue weighted by atomic mass is 16.5. The van der Waals surface area contributed by atoms with Gasteiger partial charge in [-0.25, -0.2) is 9.97 Å². The second kappa shape index (κ2) is 8.30. The molecule has 0 fully saturated rings. The monoisotopic (exact) mass is 325 g/mol. The fourth-order valence-electron chi connectivity index (χ4n) is 2.60. The summed E-state index contributed by atoms with van der Waals surface area (Å²) in [7, 11) is 1.57. The van der Waals surface area contributed by atoms with Gasteiger partial charge >= 0.3 is 0 Å². The van der Waals surface area contributed by atoms with Crippen molar-refractivity contribution in [3.63, 3.8) is 0 Å². The molecule has 0 aliphatic carbocycles. The van der Waals surface area contributed by atoms with Crippen molar-refractivity contribution in [2.24, 2.45) is 11.8 Å². The Hall–Kier alpha value is -2.61. The first-order chi connectivity index (χ1) is 11.5. The number of pyridine rings is 2. The van der Waals surface area contributed by atoms with Gasteiger partial charge in [-0.15, -0.1) is 0 Å². The number of nitriles is 1. The Balaban J connectivity index is 2.17. The van der Waals surface area contributed by atoms with Crippen molar-refractivity contribution in [1.29, 1.82) is 5.26 Å². The topological polar surface area (TPSA) is 68.0 Å². The molecule has 0 spiro atoms. The minimum absolute atomic E-state index is 0.387. The van der Waals surface area contributed by atoms with Crippen LogP contribution >= 0.6 is 0 Å². The quantitative estimate of drug-likeness (QED) is 0.767. The van der Waals surface area contributed by atoms with E-state index < -0.39 is 0 Å². The summed E-state index contributed by atoms with van der Waals surface area (Å²) in [6, 6.07) is 7.61. The van der Waals surface area contributed by atoms with Crippen LogP contribution in [-0.2, 0) is 0 Å². The number of hydrogen-bond donors (Lipinski definition) is 0. The fraction of sp³-hybridized carbons (Fsp3) is 0.421. The lowest BCUT2D eigenvalue weighted by Crippen LogP contribution is -2.12. The highest BCUT2D eigenvalue weighted by Crippen LogP contribution is 2.26. The maximum absolute atomic E-state index is 9.39. The molecular weight excluding hydrogens is 302 g/mol. The molecule has 5 nitrogen and oxygen atoms in total. The zero-order valence-corrected chi connectivity index (χ0v) is 14.6. The van der Waals surface area contributed by atoms with E-state index in [9.17, 15) is 5.26 Å². The molecule has 0 radical (unpaired) electrons. The maximum atomic E-state index is 9.39. The average Bonchev–Trinajstić information content (AvgIpc) is 2.59. The van der Waals surface area contributed by atoms with Gasteiger partial charge in [0.2, 0.25) is 11.8 Å². The number of rotatable bonds is 7. The van der Waals surface area contributed by atoms with E-state index in [1.807, 2.05) is 12.1 Å². The minimum Gasteiger partial charge on any atom is -0.481 e. The van der Waals surface area contributed by atoms with Crippen LogP contribution in [0.4, 0.5) is 0 Å². The van der Waals surface area contributed by atoms with Gasteiger partial charge in [0.25, 0.3) is 0 Å². The van der Waals surface area contributed by atoms with E-state index in [-0.39, 0.29) is 0 Å². The Morgan fingerprint density at radius 3 is 2.62 bits per heavy atom. The lowest BCUT2D eigenvalue weighted by molar-refractivity contribution is 0.231. The zero-order chi connectivity index (χ0) is 17.5. The standard InChI is InChI=1S/C19H23N3O2/c1-13(2)7-14(3)12-24-19-16(10-20)8-17(11-22-19)15-5-6-21-18(9-15)23-4/h5-6,8-9,11,13-14H,7,12H2,1-4H3/t14-/m1/s1. The molecule has 0 saturated heterocycles. The van der Waals surface area contributed by atoms with Crippen molar-refractivity contribution in [1.82, 2.24) is 9.97 Å². The molecule has 0 unspecified atom stereocenters. The van der Waals surface area contributed by atoms with Gasteiger partial charge in [-0.05, 0) is 36.0 Å². The predicted molar refractivity (Wildman–Crippen MR) is 92.8 cm³/mol. The van der Waals surface area contributed by atoms with Gasteiger partial charge < -0.3 is 9.47 Å². The van der Waals surface area contributed by atoms with E-state index in [0.29, 0.717) is 35.8 Å². The van der Waals surface area contributed by atoms with Gasteiger partial charge in [0.15, 0.2) is 0 Å². The molecule has 0 aliphatic rings. The van der Waals surface area contributed by atoms with Crippen LogP contribution in [0.1, 0.15) is 32.8 Å². The van der Waals surface area contributed by atoms with Crippen molar-refractivity contribution < 1.29 is 9.47 Å². The van der Waals surface area contributed by atoms with Crippen LogP contribution in [0, 0.1) is 23.2 Å². The van der Waals surface area contributed by atoms with E-state index in [1.54, 1.807) is 25.6 Å². The summed E-state index contributed by atoms with van der Waals surface area (Å²) in [5.74, 6) is 1.95. The van der Waals surface area contributed by atoms with Gasteiger partial charge in [0.05, 0.1) is 13.7 Å². The molecule has 2 rings (SSSR count). The molecule has 1 atom stereocenters. The number of nitrogens with zero attached hydrogens (tertiary/aromatic N) is 3. The lowest BCUT2D eigenvalue weighted by atomic mass is 10.00. The second-order valence-corrected chi connectivity index (χ2v) is 6.32. The van der Waals surface area contributed by atoms with E-state index in [4.69, 9.17) is 9.47 Å². The lowest BCUT2D eigenvalue weighted by Gasteiger charge is -2.15. The average molecular weight is 325 g/mol. The summed E-state index contributed by atoms with van der Waals surface area (Å²) in [6.45, 7) is 7.08. The van der Waals surface area contributed by atoms with Crippen LogP contribution in [0.15, 0.2) is 30.6 Å². The molecule has 126 valence electrons. The van der Waals surface area contributed by atoms with Crippen LogP contribution in [-0.4, -0.2) is 23.7 Å². The molecule has 0 saturated carbocycles. The normalized spacial score (nSPS) is 11.8. The first-order valence-electron chi connectivity index (χ1n) is 8.06. The van der Waals surface area contributed by atoms with Gasteiger partial charge in [-0.1, -0.05) is 20.8 Å². The Kier molecular flexibility index (Phi) is 6.14. The highest BCUT2D eigenvalue weighted by molar-refractivity contribution is 5.65. The molecule has 0 aromatic carbocycles. The second-order valence-electron chi connectivity index (χ2n) is 6.32. The van der Waals surface area contributed by atoms with Gasteiger partial charge in [0.1, 0.15) is 11.6 Å². The SMILES string of the molecule is COc1cc(-c2cnc(OC[C@H](C)CC(C)C)c(C#N)c2)ccn1. The molecule has 0 bridgehead atoms. The zero-order valence-electron chi connectivity index (χ0n) is 14.6. The number of hydrogen-bond acceptors (Lipinski definition) is 5. The molecule has 2 heterocycles. The molecule has 24 heavy (non-hydrogen) atoms. The Morgan fingerprint density at radius 2 is 1.96 bits per heavy atom. The van der Waals surface area contributed by atoms with Crippen molar-refractivity contribution in [3.8, 4) is 29.0 Å². The molecule has 5 heteroatoms. The summed E-state index contributed by atoms with van der Waals surface area (Å²) in [6.07, 6.45) is 4.45. The van der Waals surface area contributed by atoms with Crippen LogP contribution in [0.5, 0.6) is 11.8 Å². The molecular formula is C19H23N3O2. The fourth-order valence-corrected chi connectivity index (χ4v) is 2.60. The largest absolute Gasteiger partial charge is 0.481 e. The van der Waals surface area contributed by atoms with Crippen molar-refractivity contribution >= 4 is 0 Å². The maximum Gasteiger partial charge on any atom is 0.231 e. The molecule has 0 N–H and O–H groups in total. The van der Waals surface area contributed by atoms with Crippen molar-refractivity contribution in [3.05, 3.63) is 36.2 Å². The summed E-state index contributed by atoms with van der Waals surface area (Å²) >= 11 is 0. The summed E-state index contributed by atoms with van der Waals surface area (Å²) in [5.41, 5.74) is 2.15. The molecule has 2 aromatic heterocycles. The Bertz CT molecular complexity index is 723. The number of ether oxygens (including phenoxy) is 2. The summed E-state index contributed by atoms with van der Waals surface area (Å²) < 4.78 is 10.9. The summed E-state index contributed by atoms with van der Waals surface area (Å²) in [4.78, 5) is 8.41. The third-order valence-corrected chi connectivity index (χ3v) is 3.63. The first-order valence-corrected chi connectivity index (χ1v) is 8.06. The predicted octanol–water partition coefficient (Wildman–Crippen LogP) is 4.08.